The van der Waals surface area contributed by atoms with Gasteiger partial charge in [0.15, 0.2) is 0 Å². The Hall–Kier alpha value is -0.400. The second-order valence-electron chi connectivity index (χ2n) is 7.57. The van der Waals surface area contributed by atoms with Crippen molar-refractivity contribution in [1.82, 2.24) is 5.06 Å². The number of carboxylic acids is 1. The van der Waals surface area contributed by atoms with Crippen LogP contribution < -0.4 is 5.73 Å². The minimum atomic E-state index is -0.865. The molecule has 0 aliphatic heterocycles. The maximum atomic E-state index is 10.5. The molecule has 6 nitrogen and oxygen atoms in total. The molecule has 0 aliphatic rings. The zero-order valence-corrected chi connectivity index (χ0v) is 19.9. The molecule has 3 N–H and O–H groups in total. The molecule has 1 amide bonds. The number of carbonyl (C=O) groups is 2. The van der Waals surface area contributed by atoms with Gasteiger partial charge in [0, 0.05) is 13.0 Å². The van der Waals surface area contributed by atoms with E-state index in [1.165, 1.54) is 75.7 Å². The Morgan fingerprint density at radius 3 is 1.74 bits per heavy atom. The van der Waals surface area contributed by atoms with Gasteiger partial charge in [-0.05, 0) is 39.0 Å². The second kappa shape index (κ2) is 29.6. The van der Waals surface area contributed by atoms with E-state index >= 15 is 0 Å². The van der Waals surface area contributed by atoms with Gasteiger partial charge in [0.2, 0.25) is 5.91 Å². The van der Waals surface area contributed by atoms with Crippen LogP contribution in [0.15, 0.2) is 12.2 Å². The molecule has 0 saturated heterocycles. The van der Waals surface area contributed by atoms with Gasteiger partial charge in [0.05, 0.1) is 6.61 Å². The normalized spacial score (nSPS) is 10.6. The predicted octanol–water partition coefficient (Wildman–Crippen LogP) is 5.21. The number of nitrogens with two attached hydrogens (primary N) is 1. The molecule has 0 radical (unpaired) electrons. The molecule has 0 spiro atoms. The van der Waals surface area contributed by atoms with Crippen LogP contribution in [0.25, 0.3) is 0 Å². The van der Waals surface area contributed by atoms with E-state index in [4.69, 9.17) is 15.7 Å². The van der Waals surface area contributed by atoms with Crippen LogP contribution in [0.4, 0.5) is 0 Å². The molecule has 0 aromatic carbocycles. The topological polar surface area (TPSA) is 92.9 Å². The fourth-order valence-corrected chi connectivity index (χ4v) is 2.95. The van der Waals surface area contributed by atoms with Crippen LogP contribution >= 0.6 is 0 Å². The number of aliphatic carboxylic acids is 1. The molecule has 0 aromatic heterocycles. The zero-order valence-electron chi connectivity index (χ0n) is 19.9. The molecule has 7 heteroatoms. The van der Waals surface area contributed by atoms with Crippen molar-refractivity contribution < 1.29 is 19.5 Å². The molecule has 180 valence electrons. The first-order chi connectivity index (χ1) is 14.5. The Morgan fingerprint density at radius 2 is 1.32 bits per heavy atom. The van der Waals surface area contributed by atoms with Crippen molar-refractivity contribution in [3.05, 3.63) is 12.2 Å². The number of unbranched alkanes of at least 4 members (excludes halogenated alkanes) is 11. The van der Waals surface area contributed by atoms with Crippen LogP contribution in [0.2, 0.25) is 0 Å². The van der Waals surface area contributed by atoms with Crippen molar-refractivity contribution in [2.75, 3.05) is 19.7 Å². The monoisotopic (exact) mass is 452 g/mol. The summed E-state index contributed by atoms with van der Waals surface area (Å²) in [6.45, 7) is 7.00. The molecule has 0 atom stereocenters. The van der Waals surface area contributed by atoms with E-state index in [0.717, 1.165) is 12.8 Å². The van der Waals surface area contributed by atoms with Gasteiger partial charge in [-0.25, -0.2) is 0 Å². The summed E-state index contributed by atoms with van der Waals surface area (Å²) in [5.41, 5.74) is 5.10. The summed E-state index contributed by atoms with van der Waals surface area (Å²) in [4.78, 5) is 25.6. The number of hydrogen-bond acceptors (Lipinski definition) is 4. The van der Waals surface area contributed by atoms with Gasteiger partial charge in [0.1, 0.15) is 6.54 Å². The number of carbonyl (C=O) groups excluding carboxylic acids is 1. The molecule has 0 saturated carbocycles. The number of likely N-dealkylation sites (N-methyl/N-ethyl adjacent to an activating group) is 1. The van der Waals surface area contributed by atoms with Gasteiger partial charge < -0.3 is 10.8 Å². The molecule has 0 aromatic rings. The number of primary amides is 1. The SMILES string of the molecule is CCCCCCCC/C=C\CCCCCCCC(N)=O.CCON(CC)CC(=O)O.[NaH]. The van der Waals surface area contributed by atoms with E-state index in [2.05, 4.69) is 19.1 Å². The molecular formula is C24H49N2NaO4. The molecule has 0 rings (SSSR count). The van der Waals surface area contributed by atoms with Crippen molar-refractivity contribution in [1.29, 1.82) is 0 Å². The molecular weight excluding hydrogens is 403 g/mol. The number of carboxylic acid groups (broad SMARTS) is 1. The number of rotatable bonds is 20. The first kappa shape index (κ1) is 35.2. The quantitative estimate of drug-likeness (QED) is 0.115. The number of hydrogen-bond donors (Lipinski definition) is 2. The van der Waals surface area contributed by atoms with Crippen LogP contribution in [0, 0.1) is 0 Å². The van der Waals surface area contributed by atoms with Crippen molar-refractivity contribution in [2.24, 2.45) is 5.73 Å². The first-order valence-corrected chi connectivity index (χ1v) is 12.0. The Balaban J connectivity index is -0.000000604. The maximum absolute atomic E-state index is 10.5. The summed E-state index contributed by atoms with van der Waals surface area (Å²) < 4.78 is 0. The van der Waals surface area contributed by atoms with Gasteiger partial charge in [-0.2, -0.15) is 5.06 Å². The van der Waals surface area contributed by atoms with Crippen molar-refractivity contribution in [2.45, 2.75) is 111 Å². The second-order valence-corrected chi connectivity index (χ2v) is 7.57. The average molecular weight is 453 g/mol. The Labute approximate surface area is 213 Å². The Kier molecular flexibility index (Phi) is 33.6. The number of amides is 1. The number of hydroxylamine groups is 2. The number of nitrogens with zero attached hydrogens (tertiary/aromatic N) is 1. The van der Waals surface area contributed by atoms with E-state index in [1.807, 2.05) is 13.8 Å². The standard InChI is InChI=1S/C18H35NO.C6H13NO3.Na.H/c1-2-3-4-5-6-7-8-9-10-11-12-13-14-15-16-17-18(19)20;1-3-7(10-4-2)5-6(8)9;;/h9-10H,2-8,11-17H2,1H3,(H2,19,20);3-5H2,1-2H3,(H,8,9);;/b10-9-;;;. The minimum absolute atomic E-state index is 0. The van der Waals surface area contributed by atoms with Crippen molar-refractivity contribution in [3.8, 4) is 0 Å². The average Bonchev–Trinajstić information content (AvgIpc) is 2.70. The molecule has 0 fully saturated rings. The third kappa shape index (κ3) is 34.4. The van der Waals surface area contributed by atoms with Crippen LogP contribution in [-0.4, -0.2) is 71.3 Å². The van der Waals surface area contributed by atoms with Gasteiger partial charge in [-0.15, -0.1) is 0 Å². The molecule has 31 heavy (non-hydrogen) atoms. The molecule has 0 aliphatic carbocycles. The summed E-state index contributed by atoms with van der Waals surface area (Å²) >= 11 is 0. The fourth-order valence-electron chi connectivity index (χ4n) is 2.95. The van der Waals surface area contributed by atoms with Crippen molar-refractivity contribution >= 4 is 41.4 Å². The summed E-state index contributed by atoms with van der Waals surface area (Å²) in [6, 6.07) is 0. The molecule has 0 unspecified atom stereocenters. The van der Waals surface area contributed by atoms with Gasteiger partial charge in [-0.3, -0.25) is 14.4 Å². The van der Waals surface area contributed by atoms with Crippen LogP contribution in [0.5, 0.6) is 0 Å². The first-order valence-electron chi connectivity index (χ1n) is 12.0. The van der Waals surface area contributed by atoms with E-state index in [0.29, 0.717) is 19.6 Å². The molecule has 0 bridgehead atoms. The Bertz CT molecular complexity index is 420. The fraction of sp³-hybridized carbons (Fsp3) is 0.833. The number of allylic oxidation sites excluding steroid dienone is 2. The third-order valence-corrected chi connectivity index (χ3v) is 4.66. The van der Waals surface area contributed by atoms with Crippen LogP contribution in [0.3, 0.4) is 0 Å². The van der Waals surface area contributed by atoms with Crippen molar-refractivity contribution in [3.63, 3.8) is 0 Å². The molecule has 0 heterocycles. The van der Waals surface area contributed by atoms with E-state index in [1.54, 1.807) is 0 Å². The van der Waals surface area contributed by atoms with Gasteiger partial charge >= 0.3 is 35.5 Å². The van der Waals surface area contributed by atoms with E-state index < -0.39 is 5.97 Å². The Morgan fingerprint density at radius 1 is 0.839 bits per heavy atom. The van der Waals surface area contributed by atoms with Gasteiger partial charge in [-0.1, -0.05) is 77.4 Å². The predicted molar refractivity (Wildman–Crippen MR) is 132 cm³/mol. The summed E-state index contributed by atoms with van der Waals surface area (Å²) in [7, 11) is 0. The summed E-state index contributed by atoms with van der Waals surface area (Å²) in [5, 5.41) is 9.73. The van der Waals surface area contributed by atoms with Gasteiger partial charge in [0.25, 0.3) is 0 Å². The van der Waals surface area contributed by atoms with Crippen LogP contribution in [-0.2, 0) is 14.4 Å². The van der Waals surface area contributed by atoms with Crippen LogP contribution in [0.1, 0.15) is 111 Å². The van der Waals surface area contributed by atoms with E-state index in [-0.39, 0.29) is 42.0 Å². The zero-order chi connectivity index (χ0) is 22.9. The summed E-state index contributed by atoms with van der Waals surface area (Å²) in [6.07, 6.45) is 21.9. The summed E-state index contributed by atoms with van der Waals surface area (Å²) in [5.74, 6) is -1.03. The van der Waals surface area contributed by atoms with E-state index in [9.17, 15) is 9.59 Å². The third-order valence-electron chi connectivity index (χ3n) is 4.66.